The summed E-state index contributed by atoms with van der Waals surface area (Å²) in [7, 11) is 0. The molecule has 1 heterocycles. The number of ether oxygens (including phenoxy) is 2. The van der Waals surface area contributed by atoms with Crippen LogP contribution in [0.15, 0.2) is 36.4 Å². The predicted molar refractivity (Wildman–Crippen MR) is 115 cm³/mol. The van der Waals surface area contributed by atoms with E-state index in [1.807, 2.05) is 0 Å². The fourth-order valence-electron chi connectivity index (χ4n) is 4.06. The molecule has 0 saturated carbocycles. The molecule has 0 unspecified atom stereocenters. The van der Waals surface area contributed by atoms with Crippen LogP contribution in [-0.4, -0.2) is 95.2 Å². The first kappa shape index (κ1) is 24.9. The van der Waals surface area contributed by atoms with Crippen LogP contribution in [0.1, 0.15) is 27.6 Å². The number of carbonyl (C=O) groups excluding carboxylic acids is 1. The number of phenols is 4. The van der Waals surface area contributed by atoms with Crippen molar-refractivity contribution in [2.45, 2.75) is 42.9 Å². The average Bonchev–Trinajstić information content (AvgIpc) is 2.83. The molecule has 35 heavy (non-hydrogen) atoms. The highest BCUT2D eigenvalue weighted by Gasteiger charge is 2.46. The molecule has 188 valence electrons. The van der Waals surface area contributed by atoms with E-state index in [1.165, 1.54) is 6.07 Å². The Balaban J connectivity index is 1.74. The minimum atomic E-state index is -1.78. The number of allylic oxidation sites excluding steroid dienone is 1. The summed E-state index contributed by atoms with van der Waals surface area (Å²) in [6.07, 6.45) is -9.87. The van der Waals surface area contributed by atoms with E-state index < -0.39 is 78.3 Å². The van der Waals surface area contributed by atoms with E-state index in [9.17, 15) is 50.8 Å². The Morgan fingerprint density at radius 2 is 1.51 bits per heavy atom. The van der Waals surface area contributed by atoms with Crippen molar-refractivity contribution in [2.75, 3.05) is 6.61 Å². The molecule has 4 rings (SSSR count). The molecule has 0 radical (unpaired) electrons. The lowest BCUT2D eigenvalue weighted by Gasteiger charge is -2.41. The number of phenolic OH excluding ortho intramolecular Hbond substituents is 4. The van der Waals surface area contributed by atoms with Gasteiger partial charge in [0.2, 0.25) is 0 Å². The van der Waals surface area contributed by atoms with Gasteiger partial charge in [0, 0.05) is 11.1 Å². The number of hydrogen-bond donors (Lipinski definition) is 9. The molecule has 7 atom stereocenters. The number of Topliss-reactive ketones (excluding diaryl/α,β-unsaturated/α-hetero) is 1. The third-order valence-electron chi connectivity index (χ3n) is 6.02. The highest BCUT2D eigenvalue weighted by molar-refractivity contribution is 6.29. The van der Waals surface area contributed by atoms with Crippen molar-refractivity contribution in [1.29, 1.82) is 0 Å². The van der Waals surface area contributed by atoms with Crippen molar-refractivity contribution in [3.8, 4) is 23.0 Å². The topological polar surface area (TPSA) is 218 Å². The quantitative estimate of drug-likeness (QED) is 0.181. The molecule has 12 heteroatoms. The summed E-state index contributed by atoms with van der Waals surface area (Å²) in [4.78, 5) is 13.3. The largest absolute Gasteiger partial charge is 0.504 e. The van der Waals surface area contributed by atoms with Crippen molar-refractivity contribution in [3.05, 3.63) is 53.1 Å². The normalized spacial score (nSPS) is 30.4. The molecule has 2 aromatic carbocycles. The maximum Gasteiger partial charge on any atom is 0.193 e. The van der Waals surface area contributed by atoms with Gasteiger partial charge in [-0.05, 0) is 47.5 Å². The zero-order chi connectivity index (χ0) is 25.6. The number of aliphatic hydroxyl groups is 5. The van der Waals surface area contributed by atoms with E-state index in [2.05, 4.69) is 0 Å². The third-order valence-corrected chi connectivity index (χ3v) is 6.02. The number of rotatable bonds is 5. The Bertz CT molecular complexity index is 1160. The van der Waals surface area contributed by atoms with Crippen LogP contribution in [0, 0.1) is 0 Å². The molecule has 1 saturated heterocycles. The monoisotopic (exact) mass is 492 g/mol. The Morgan fingerprint density at radius 1 is 0.857 bits per heavy atom. The molecule has 12 nitrogen and oxygen atoms in total. The summed E-state index contributed by atoms with van der Waals surface area (Å²) >= 11 is 0. The second-order valence-corrected chi connectivity index (χ2v) is 8.28. The average molecular weight is 492 g/mol. The van der Waals surface area contributed by atoms with Crippen LogP contribution in [0.4, 0.5) is 0 Å². The number of aromatic hydroxyl groups is 4. The fraction of sp³-hybridized carbons (Fsp3) is 0.348. The van der Waals surface area contributed by atoms with Gasteiger partial charge in [-0.2, -0.15) is 0 Å². The zero-order valence-corrected chi connectivity index (χ0v) is 18.0. The molecule has 9 N–H and O–H groups in total. The van der Waals surface area contributed by atoms with Crippen LogP contribution < -0.4 is 0 Å². The van der Waals surface area contributed by atoms with Crippen molar-refractivity contribution < 1.29 is 60.2 Å². The molecule has 0 spiro atoms. The Morgan fingerprint density at radius 3 is 2.17 bits per heavy atom. The van der Waals surface area contributed by atoms with E-state index >= 15 is 0 Å². The summed E-state index contributed by atoms with van der Waals surface area (Å²) in [6.45, 7) is -0.710. The summed E-state index contributed by atoms with van der Waals surface area (Å²) in [5.74, 6) is -2.89. The van der Waals surface area contributed by atoms with Gasteiger partial charge in [0.15, 0.2) is 35.1 Å². The van der Waals surface area contributed by atoms with Gasteiger partial charge in [-0.1, -0.05) is 0 Å². The van der Waals surface area contributed by atoms with E-state index in [0.717, 1.165) is 30.3 Å². The minimum absolute atomic E-state index is 0.0243. The van der Waals surface area contributed by atoms with Crippen LogP contribution >= 0.6 is 0 Å². The van der Waals surface area contributed by atoms with Gasteiger partial charge in [0.05, 0.1) is 6.61 Å². The van der Waals surface area contributed by atoms with Gasteiger partial charge in [0.25, 0.3) is 0 Å². The first-order valence-corrected chi connectivity index (χ1v) is 10.5. The predicted octanol–water partition coefficient (Wildman–Crippen LogP) is -0.993. The second-order valence-electron chi connectivity index (χ2n) is 8.28. The van der Waals surface area contributed by atoms with E-state index in [-0.39, 0.29) is 22.3 Å². The second kappa shape index (κ2) is 9.43. The molecule has 0 aromatic heterocycles. The molecule has 2 aromatic rings. The molecule has 1 aliphatic carbocycles. The molecular weight excluding hydrogens is 468 g/mol. The van der Waals surface area contributed by atoms with E-state index in [1.54, 1.807) is 0 Å². The fourth-order valence-corrected chi connectivity index (χ4v) is 4.06. The smallest absolute Gasteiger partial charge is 0.193 e. The lowest BCUT2D eigenvalue weighted by Crippen LogP contribution is -2.59. The van der Waals surface area contributed by atoms with Crippen molar-refractivity contribution in [3.63, 3.8) is 0 Å². The Kier molecular flexibility index (Phi) is 6.71. The minimum Gasteiger partial charge on any atom is -0.504 e. The number of benzene rings is 2. The Labute approximate surface area is 197 Å². The van der Waals surface area contributed by atoms with Crippen LogP contribution in [-0.2, 0) is 9.47 Å². The number of ketones is 1. The van der Waals surface area contributed by atoms with Gasteiger partial charge in [0.1, 0.15) is 36.6 Å². The Hall–Kier alpha value is -3.23. The lowest BCUT2D eigenvalue weighted by molar-refractivity contribution is -0.312. The molecule has 1 fully saturated rings. The highest BCUT2D eigenvalue weighted by atomic mass is 16.7. The standard InChI is InChI=1S/C23H24O12/c24-7-17-20(31)21(32)22(33)23(35-17)34-16-6-11(18(29)8-1-2-12(25)13(26)3-8)9-4-14(27)15(28)5-10(9)19(16)30/h1-6,16-17,19-28,30-33H,7H2/t16-,17-,19-,20-,21+,22-,23-/m1/s1. The van der Waals surface area contributed by atoms with Gasteiger partial charge in [-0.3, -0.25) is 4.79 Å². The first-order valence-electron chi connectivity index (χ1n) is 10.5. The van der Waals surface area contributed by atoms with Gasteiger partial charge in [-0.15, -0.1) is 0 Å². The maximum absolute atomic E-state index is 13.3. The van der Waals surface area contributed by atoms with Crippen molar-refractivity contribution >= 4 is 11.4 Å². The highest BCUT2D eigenvalue weighted by Crippen LogP contribution is 2.42. The first-order chi connectivity index (χ1) is 16.5. The molecule has 0 bridgehead atoms. The van der Waals surface area contributed by atoms with Crippen LogP contribution in [0.2, 0.25) is 0 Å². The number of carbonyl (C=O) groups is 1. The molecular formula is C23H24O12. The zero-order valence-electron chi connectivity index (χ0n) is 18.0. The molecule has 0 amide bonds. The van der Waals surface area contributed by atoms with Crippen LogP contribution in [0.25, 0.3) is 5.57 Å². The summed E-state index contributed by atoms with van der Waals surface area (Å²) in [5, 5.41) is 89.8. The van der Waals surface area contributed by atoms with Crippen molar-refractivity contribution in [1.82, 2.24) is 0 Å². The van der Waals surface area contributed by atoms with Crippen LogP contribution in [0.5, 0.6) is 23.0 Å². The SMILES string of the molecule is O=C(C1=C[C@@H](O[C@@H]2O[C@H](CO)[C@@H](O)[C@H](O)[C@H]2O)[C@H](O)c2cc(O)c(O)cc21)c1ccc(O)c(O)c1. The summed E-state index contributed by atoms with van der Waals surface area (Å²) < 4.78 is 10.9. The summed E-state index contributed by atoms with van der Waals surface area (Å²) in [6, 6.07) is 5.42. The van der Waals surface area contributed by atoms with Gasteiger partial charge < -0.3 is 55.4 Å². The molecule has 1 aliphatic heterocycles. The van der Waals surface area contributed by atoms with Gasteiger partial charge in [-0.25, -0.2) is 0 Å². The summed E-state index contributed by atoms with van der Waals surface area (Å²) in [5.41, 5.74) is -0.170. The number of fused-ring (bicyclic) bond motifs is 1. The lowest BCUT2D eigenvalue weighted by atomic mass is 9.83. The van der Waals surface area contributed by atoms with Crippen LogP contribution in [0.3, 0.4) is 0 Å². The van der Waals surface area contributed by atoms with E-state index in [0.29, 0.717) is 0 Å². The third kappa shape index (κ3) is 4.44. The number of aliphatic hydroxyl groups excluding tert-OH is 5. The van der Waals surface area contributed by atoms with E-state index in [4.69, 9.17) is 9.47 Å². The van der Waals surface area contributed by atoms with Gasteiger partial charge >= 0.3 is 0 Å². The number of hydrogen-bond acceptors (Lipinski definition) is 12. The maximum atomic E-state index is 13.3. The molecule has 2 aliphatic rings. The van der Waals surface area contributed by atoms with Crippen molar-refractivity contribution in [2.24, 2.45) is 0 Å².